The monoisotopic (exact) mass is 1810 g/mol. The fraction of sp³-hybridized carbons (Fsp3) is 0.683. The summed E-state index contributed by atoms with van der Waals surface area (Å²) in [5.74, 6) is -0.982. The number of rotatable bonds is 15. The average molecular weight is 1810 g/mol. The first-order valence-corrected chi connectivity index (χ1v) is 39.5. The maximum atomic E-state index is 13.0. The number of nitrogens with one attached hydrogen (secondary N) is 8. The van der Waals surface area contributed by atoms with Gasteiger partial charge < -0.3 is 116 Å². The van der Waals surface area contributed by atoms with E-state index >= 15 is 0 Å². The predicted molar refractivity (Wildman–Crippen MR) is 455 cm³/mol. The molecule has 0 aromatic heterocycles. The van der Waals surface area contributed by atoms with Gasteiger partial charge >= 0.3 is 36.7 Å². The maximum Gasteiger partial charge on any atom is 0.519 e. The van der Waals surface area contributed by atoms with Crippen molar-refractivity contribution in [2.75, 3.05) is 144 Å². The van der Waals surface area contributed by atoms with Crippen molar-refractivity contribution in [1.82, 2.24) is 52.3 Å². The van der Waals surface area contributed by atoms with Gasteiger partial charge in [-0.1, -0.05) is 59.8 Å². The SMILES string of the molecule is C.CC(C)(C)OC(=O)NCC1CNC(=O)CO1.CC(C)(C)OC(=O)OC(=O)OC(C)(C)C.Cl.Fc1ccc(CBr)cc1.NCC1CNC(=O)CO1.[2H]C1([2H])COC(CN)CN1Cc1ccc(F)cc1.[2H]C1([2H])COC(CNC(=O)OC(C)(C)C)CN1.[2H]C1([2H])COC(CNC(=O)OC(C)(C)C)CN1.[2H]C1([2H])COC(CNC(=O)OC(C)(C)C)CN1Cc1ccc(F)cc1. The summed E-state index contributed by atoms with van der Waals surface area (Å²) in [5.41, 5.74) is 10.1. The molecule has 6 amide bonds. The van der Waals surface area contributed by atoms with Gasteiger partial charge in [0.15, 0.2) is 0 Å². The number of carbonyl (C=O) groups excluding carboxylic acids is 8. The summed E-state index contributed by atoms with van der Waals surface area (Å²) >= 11 is 3.26. The van der Waals surface area contributed by atoms with Gasteiger partial charge in [0.05, 0.1) is 63.1 Å². The van der Waals surface area contributed by atoms with Crippen LogP contribution in [0.15, 0.2) is 72.8 Å². The van der Waals surface area contributed by atoms with Crippen molar-refractivity contribution >= 4 is 76.8 Å². The molecule has 33 nitrogen and oxygen atoms in total. The molecular formula is C82H139BrClF3N12O21. The van der Waals surface area contributed by atoms with Crippen molar-refractivity contribution in [2.24, 2.45) is 11.5 Å². The minimum absolute atomic E-state index is 0. The van der Waals surface area contributed by atoms with Gasteiger partial charge in [0.25, 0.3) is 0 Å². The van der Waals surface area contributed by atoms with E-state index in [0.717, 1.165) is 22.0 Å². The van der Waals surface area contributed by atoms with E-state index in [1.54, 1.807) is 171 Å². The standard InChI is InChI=1S/C17H25FN2O3.C12H17FN2O.C10H18N2O4.2C10H20N2O3.C10H18O5.C7H6BrF.C5H10N2O2.CH4.ClH/c1-17(2,3)23-16(21)19-10-15-12-20(8-9-22-15)11-13-4-6-14(18)7-5-13;13-11-3-1-10(2-4-11)8-15-5-6-16-12(7-14)9-15;1-10(2,3)16-9(14)12-5-7-4-11-8(13)6-15-7;2*1-10(2,3)15-9(13)12-7-8-6-11-4-5-14-8;1-9(2,3)14-7(11)13-8(12)15-10(4,5)6;8-5-6-1-3-7(9)4-2-6;6-1-4-2-7-5(8)3-9-4;;/h4-7,15H,8-12H2,1-3H3,(H,19,21);1-4,12H,5-9,14H2;7H,4-6H2,1-3H3,(H,11,13)(H,12,14);2*8,11H,4-7H2,1-3H3,(H,12,13);1-6H3;1-4H,5H2;4H,1-3,6H2,(H,7,8);1H4;1H/i8D2;5D2;;2*4D2;;;;;. The van der Waals surface area contributed by atoms with Gasteiger partial charge in [0.1, 0.15) is 64.3 Å². The quantitative estimate of drug-likeness (QED) is 0.0293. The number of hydrogen-bond donors (Lipinski definition) is 10. The van der Waals surface area contributed by atoms with Gasteiger partial charge in [-0.3, -0.25) is 19.4 Å². The summed E-state index contributed by atoms with van der Waals surface area (Å²) in [7, 11) is 0. The molecule has 0 aliphatic carbocycles. The maximum absolute atomic E-state index is 13.0. The highest BCUT2D eigenvalue weighted by Crippen LogP contribution is 2.17. The third-order valence-electron chi connectivity index (χ3n) is 14.3. The van der Waals surface area contributed by atoms with Crippen LogP contribution < -0.4 is 54.0 Å². The van der Waals surface area contributed by atoms with Gasteiger partial charge in [-0.05, 0) is 178 Å². The zero-order valence-corrected chi connectivity index (χ0v) is 74.2. The molecule has 6 heterocycles. The number of morpholine rings is 6. The zero-order chi connectivity index (χ0) is 95.9. The Balaban J connectivity index is 0.00000146. The van der Waals surface area contributed by atoms with Crippen molar-refractivity contribution in [1.29, 1.82) is 0 Å². The van der Waals surface area contributed by atoms with E-state index in [1.165, 1.54) is 36.4 Å². The van der Waals surface area contributed by atoms with Crippen LogP contribution >= 0.6 is 28.3 Å². The molecule has 0 bridgehead atoms. The molecule has 6 saturated heterocycles. The van der Waals surface area contributed by atoms with Crippen LogP contribution in [0.25, 0.3) is 0 Å². The predicted octanol–water partition coefficient (Wildman–Crippen LogP) is 9.67. The van der Waals surface area contributed by atoms with E-state index in [4.69, 9.17) is 79.3 Å². The normalized spacial score (nSPS) is 22.0. The molecule has 6 aliphatic rings. The summed E-state index contributed by atoms with van der Waals surface area (Å²) in [5, 5.41) is 21.9. The van der Waals surface area contributed by atoms with Crippen LogP contribution in [-0.2, 0) is 89.6 Å². The number of halogens is 5. The fourth-order valence-corrected chi connectivity index (χ4v) is 9.47. The number of hydrogen-bond acceptors (Lipinski definition) is 27. The number of alkyl carbamates (subject to hydrolysis) is 4. The highest BCUT2D eigenvalue weighted by atomic mass is 79.9. The molecular weight excluding hydrogens is 1660 g/mol. The number of carbonyl (C=O) groups is 8. The van der Waals surface area contributed by atoms with Crippen molar-refractivity contribution in [2.45, 2.75) is 221 Å². The van der Waals surface area contributed by atoms with Crippen LogP contribution in [0.4, 0.5) is 41.9 Å². The molecule has 0 radical (unpaired) electrons. The fourth-order valence-electron chi connectivity index (χ4n) is 9.09. The van der Waals surface area contributed by atoms with E-state index < -0.39 is 96.3 Å². The van der Waals surface area contributed by atoms with E-state index in [2.05, 4.69) is 63.2 Å². The highest BCUT2D eigenvalue weighted by Gasteiger charge is 2.28. The lowest BCUT2D eigenvalue weighted by atomic mass is 10.2. The summed E-state index contributed by atoms with van der Waals surface area (Å²) in [6, 6.07) is 18.5. The highest BCUT2D eigenvalue weighted by molar-refractivity contribution is 9.08. The minimum atomic E-state index is -1.63. The molecule has 0 spiro atoms. The minimum Gasteiger partial charge on any atom is -0.444 e. The van der Waals surface area contributed by atoms with E-state index in [1.807, 2.05) is 0 Å². The summed E-state index contributed by atoms with van der Waals surface area (Å²) in [6.45, 7) is 30.7. The lowest BCUT2D eigenvalue weighted by molar-refractivity contribution is -0.133. The first-order valence-electron chi connectivity index (χ1n) is 42.4. The van der Waals surface area contributed by atoms with E-state index in [-0.39, 0.29) is 132 Å². The number of amides is 6. The summed E-state index contributed by atoms with van der Waals surface area (Å²) < 4.78 is 165. The first kappa shape index (κ1) is 97.9. The van der Waals surface area contributed by atoms with Crippen molar-refractivity contribution in [3.63, 3.8) is 0 Å². The second-order valence-corrected chi connectivity index (χ2v) is 33.0. The Morgan fingerprint density at radius 2 is 0.717 bits per heavy atom. The second kappa shape index (κ2) is 58.5. The average Bonchev–Trinajstić information content (AvgIpc) is 0.816. The molecule has 6 atom stereocenters. The Labute approximate surface area is 733 Å². The van der Waals surface area contributed by atoms with Gasteiger partial charge in [-0.2, -0.15) is 0 Å². The molecule has 120 heavy (non-hydrogen) atoms. The van der Waals surface area contributed by atoms with Crippen LogP contribution in [0.2, 0.25) is 0 Å². The Morgan fingerprint density at radius 1 is 0.433 bits per heavy atom. The van der Waals surface area contributed by atoms with Gasteiger partial charge in [-0.15, -0.1) is 12.4 Å². The van der Waals surface area contributed by atoms with Crippen LogP contribution in [0, 0.1) is 17.5 Å². The molecule has 3 aromatic rings. The van der Waals surface area contributed by atoms with Gasteiger partial charge in [0.2, 0.25) is 11.8 Å². The Kier molecular flexibility index (Phi) is 47.8. The Hall–Kier alpha value is -7.50. The second-order valence-electron chi connectivity index (χ2n) is 32.4. The third kappa shape index (κ3) is 61.7. The molecule has 6 fully saturated rings. The van der Waals surface area contributed by atoms with Crippen molar-refractivity contribution < 1.29 is 124 Å². The van der Waals surface area contributed by atoms with Crippen molar-refractivity contribution in [3.8, 4) is 0 Å². The Bertz CT molecular complexity index is 3660. The number of nitrogens with zero attached hydrogens (tertiary/aromatic N) is 2. The van der Waals surface area contributed by atoms with Crippen LogP contribution in [0.1, 0.15) is 160 Å². The van der Waals surface area contributed by atoms with Crippen LogP contribution in [0.3, 0.4) is 0 Å². The number of nitrogens with two attached hydrogens (primary N) is 2. The molecule has 12 N–H and O–H groups in total. The molecule has 688 valence electrons. The third-order valence-corrected chi connectivity index (χ3v) is 15.0. The zero-order valence-electron chi connectivity index (χ0n) is 79.8. The molecule has 6 aliphatic heterocycles. The Morgan fingerprint density at radius 3 is 1.00 bits per heavy atom. The largest absolute Gasteiger partial charge is 0.519 e. The molecule has 6 unspecified atom stereocenters. The molecule has 3 aromatic carbocycles. The van der Waals surface area contributed by atoms with Crippen LogP contribution in [-0.4, -0.2) is 273 Å². The topological polar surface area (TPSA) is 411 Å². The van der Waals surface area contributed by atoms with Gasteiger partial charge in [-0.25, -0.2) is 41.9 Å². The van der Waals surface area contributed by atoms with Crippen LogP contribution in [0.5, 0.6) is 0 Å². The van der Waals surface area contributed by atoms with Crippen molar-refractivity contribution in [3.05, 3.63) is 107 Å². The lowest BCUT2D eigenvalue weighted by Crippen LogP contribution is -2.48. The first-order chi connectivity index (χ1) is 57.9. The number of ether oxygens (including phenoxy) is 13. The number of benzene rings is 3. The molecule has 38 heteroatoms. The summed E-state index contributed by atoms with van der Waals surface area (Å²) in [6.07, 6.45) is -5.24. The van der Waals surface area contributed by atoms with Gasteiger partial charge in [0, 0.05) is 134 Å². The summed E-state index contributed by atoms with van der Waals surface area (Å²) in [4.78, 5) is 92.3. The lowest BCUT2D eigenvalue weighted by Gasteiger charge is -2.33. The number of alkyl halides is 1. The molecule has 9 rings (SSSR count). The smallest absolute Gasteiger partial charge is 0.444 e. The van der Waals surface area contributed by atoms with E-state index in [0.29, 0.717) is 85.1 Å². The molecule has 0 saturated carbocycles. The van der Waals surface area contributed by atoms with E-state index in [9.17, 15) is 51.5 Å².